The molecule has 3 rings (SSSR count). The minimum absolute atomic E-state index is 0.907. The van der Waals surface area contributed by atoms with Crippen molar-refractivity contribution in [3.05, 3.63) is 52.3 Å². The first kappa shape index (κ1) is 12.5. The standard InChI is InChI=1S/C15H15BrN2O/c1-19-15-4-2-3-11-10-18(6-5-14(11)15)13-7-12(16)8-17-9-13/h2-4,7-9H,5-6,10H2,1H3. The van der Waals surface area contributed by atoms with Gasteiger partial charge in [-0.25, -0.2) is 0 Å². The molecule has 1 aromatic heterocycles. The predicted molar refractivity (Wildman–Crippen MR) is 79.7 cm³/mol. The van der Waals surface area contributed by atoms with Gasteiger partial charge in [0.1, 0.15) is 5.75 Å². The highest BCUT2D eigenvalue weighted by Crippen LogP contribution is 2.30. The fraction of sp³-hybridized carbons (Fsp3) is 0.267. The number of halogens is 1. The van der Waals surface area contributed by atoms with Gasteiger partial charge in [0.25, 0.3) is 0 Å². The molecular formula is C15H15BrN2O. The van der Waals surface area contributed by atoms with Crippen molar-refractivity contribution < 1.29 is 4.74 Å². The summed E-state index contributed by atoms with van der Waals surface area (Å²) < 4.78 is 6.45. The van der Waals surface area contributed by atoms with E-state index < -0.39 is 0 Å². The van der Waals surface area contributed by atoms with Crippen molar-refractivity contribution >= 4 is 21.6 Å². The fourth-order valence-corrected chi connectivity index (χ4v) is 2.91. The minimum Gasteiger partial charge on any atom is -0.496 e. The molecule has 0 amide bonds. The summed E-state index contributed by atoms with van der Waals surface area (Å²) in [4.78, 5) is 6.58. The number of pyridine rings is 1. The molecule has 2 aromatic rings. The largest absolute Gasteiger partial charge is 0.496 e. The van der Waals surface area contributed by atoms with Crippen LogP contribution in [0.3, 0.4) is 0 Å². The van der Waals surface area contributed by atoms with E-state index >= 15 is 0 Å². The zero-order valence-electron chi connectivity index (χ0n) is 10.8. The number of nitrogens with zero attached hydrogens (tertiary/aromatic N) is 2. The van der Waals surface area contributed by atoms with E-state index in [0.29, 0.717) is 0 Å². The second-order valence-electron chi connectivity index (χ2n) is 4.63. The van der Waals surface area contributed by atoms with Gasteiger partial charge in [0.05, 0.1) is 19.0 Å². The van der Waals surface area contributed by atoms with Gasteiger partial charge in [-0.3, -0.25) is 4.98 Å². The maximum atomic E-state index is 5.43. The molecule has 0 N–H and O–H groups in total. The van der Waals surface area contributed by atoms with Crippen LogP contribution in [0.25, 0.3) is 0 Å². The number of anilines is 1. The Morgan fingerprint density at radius 2 is 2.21 bits per heavy atom. The molecule has 3 nitrogen and oxygen atoms in total. The maximum Gasteiger partial charge on any atom is 0.122 e. The summed E-state index contributed by atoms with van der Waals surface area (Å²) in [5.41, 5.74) is 3.83. The summed E-state index contributed by atoms with van der Waals surface area (Å²) in [6.07, 6.45) is 4.73. The average molecular weight is 319 g/mol. The number of methoxy groups -OCH3 is 1. The molecular weight excluding hydrogens is 304 g/mol. The molecule has 0 fully saturated rings. The lowest BCUT2D eigenvalue weighted by molar-refractivity contribution is 0.407. The molecule has 0 aliphatic carbocycles. The number of rotatable bonds is 2. The second-order valence-corrected chi connectivity index (χ2v) is 5.55. The third kappa shape index (κ3) is 2.45. The number of fused-ring (bicyclic) bond motifs is 1. The normalized spacial score (nSPS) is 14.1. The Balaban J connectivity index is 1.90. The summed E-state index contributed by atoms with van der Waals surface area (Å²) in [5, 5.41) is 0. The quantitative estimate of drug-likeness (QED) is 0.848. The van der Waals surface area contributed by atoms with Crippen LogP contribution in [0.2, 0.25) is 0 Å². The molecule has 0 saturated heterocycles. The Kier molecular flexibility index (Phi) is 3.42. The SMILES string of the molecule is COc1cccc2c1CCN(c1cncc(Br)c1)C2. The van der Waals surface area contributed by atoms with Gasteiger partial charge >= 0.3 is 0 Å². The highest BCUT2D eigenvalue weighted by Gasteiger charge is 2.19. The summed E-state index contributed by atoms with van der Waals surface area (Å²) in [6.45, 7) is 1.90. The second kappa shape index (κ2) is 5.21. The molecule has 2 heterocycles. The van der Waals surface area contributed by atoms with Crippen LogP contribution in [0, 0.1) is 0 Å². The lowest BCUT2D eigenvalue weighted by Crippen LogP contribution is -2.30. The number of ether oxygens (including phenoxy) is 1. The van der Waals surface area contributed by atoms with Crippen LogP contribution in [-0.2, 0) is 13.0 Å². The van der Waals surface area contributed by atoms with Gasteiger partial charge in [-0.1, -0.05) is 12.1 Å². The van der Waals surface area contributed by atoms with E-state index in [0.717, 1.165) is 35.4 Å². The summed E-state index contributed by atoms with van der Waals surface area (Å²) in [5.74, 6) is 1.00. The van der Waals surface area contributed by atoms with Crippen LogP contribution in [0.4, 0.5) is 5.69 Å². The van der Waals surface area contributed by atoms with Crippen molar-refractivity contribution in [3.8, 4) is 5.75 Å². The van der Waals surface area contributed by atoms with Crippen LogP contribution < -0.4 is 9.64 Å². The van der Waals surface area contributed by atoms with Crippen molar-refractivity contribution in [1.82, 2.24) is 4.98 Å². The minimum atomic E-state index is 0.907. The van der Waals surface area contributed by atoms with Crippen molar-refractivity contribution in [2.45, 2.75) is 13.0 Å². The van der Waals surface area contributed by atoms with Crippen LogP contribution in [0.15, 0.2) is 41.1 Å². The summed E-state index contributed by atoms with van der Waals surface area (Å²) in [6, 6.07) is 8.38. The predicted octanol–water partition coefficient (Wildman–Crippen LogP) is 3.42. The van der Waals surface area contributed by atoms with Gasteiger partial charge in [-0.2, -0.15) is 0 Å². The highest BCUT2D eigenvalue weighted by molar-refractivity contribution is 9.10. The van der Waals surface area contributed by atoms with Gasteiger partial charge in [0, 0.05) is 29.3 Å². The van der Waals surface area contributed by atoms with Crippen LogP contribution in [-0.4, -0.2) is 18.6 Å². The Hall–Kier alpha value is -1.55. The topological polar surface area (TPSA) is 25.4 Å². The third-order valence-corrected chi connectivity index (χ3v) is 3.93. The van der Waals surface area contributed by atoms with Gasteiger partial charge in [0.2, 0.25) is 0 Å². The molecule has 1 aliphatic heterocycles. The van der Waals surface area contributed by atoms with Gasteiger partial charge in [-0.05, 0) is 40.0 Å². The van der Waals surface area contributed by atoms with Crippen LogP contribution in [0.5, 0.6) is 5.75 Å². The number of hydrogen-bond acceptors (Lipinski definition) is 3. The first-order valence-electron chi connectivity index (χ1n) is 6.28. The van der Waals surface area contributed by atoms with Crippen molar-refractivity contribution in [2.24, 2.45) is 0 Å². The van der Waals surface area contributed by atoms with E-state index in [4.69, 9.17) is 4.74 Å². The first-order chi connectivity index (χ1) is 9.28. The molecule has 0 unspecified atom stereocenters. The molecule has 0 atom stereocenters. The van der Waals surface area contributed by atoms with Crippen LogP contribution in [0.1, 0.15) is 11.1 Å². The fourth-order valence-electron chi connectivity index (χ4n) is 2.56. The number of hydrogen-bond donors (Lipinski definition) is 0. The molecule has 19 heavy (non-hydrogen) atoms. The highest BCUT2D eigenvalue weighted by atomic mass is 79.9. The Labute approximate surface area is 121 Å². The van der Waals surface area contributed by atoms with Crippen LogP contribution >= 0.6 is 15.9 Å². The van der Waals surface area contributed by atoms with E-state index in [1.54, 1.807) is 7.11 Å². The maximum absolute atomic E-state index is 5.43. The zero-order chi connectivity index (χ0) is 13.2. The summed E-state index contributed by atoms with van der Waals surface area (Å²) in [7, 11) is 1.74. The molecule has 98 valence electrons. The molecule has 4 heteroatoms. The van der Waals surface area contributed by atoms with Crippen molar-refractivity contribution in [1.29, 1.82) is 0 Å². The van der Waals surface area contributed by atoms with Crippen molar-refractivity contribution in [2.75, 3.05) is 18.6 Å². The van der Waals surface area contributed by atoms with E-state index in [1.807, 2.05) is 18.5 Å². The Morgan fingerprint density at radius 1 is 1.32 bits per heavy atom. The zero-order valence-corrected chi connectivity index (χ0v) is 12.4. The molecule has 1 aliphatic rings. The van der Waals surface area contributed by atoms with E-state index in [-0.39, 0.29) is 0 Å². The lowest BCUT2D eigenvalue weighted by atomic mass is 9.98. The smallest absolute Gasteiger partial charge is 0.122 e. The third-order valence-electron chi connectivity index (χ3n) is 3.50. The van der Waals surface area contributed by atoms with Crippen molar-refractivity contribution in [3.63, 3.8) is 0 Å². The molecule has 0 saturated carbocycles. The Bertz CT molecular complexity index is 600. The van der Waals surface area contributed by atoms with E-state index in [1.165, 1.54) is 11.1 Å². The molecule has 0 spiro atoms. The van der Waals surface area contributed by atoms with E-state index in [2.05, 4.69) is 44.0 Å². The van der Waals surface area contributed by atoms with E-state index in [9.17, 15) is 0 Å². The van der Waals surface area contributed by atoms with Gasteiger partial charge < -0.3 is 9.64 Å². The number of aromatic nitrogens is 1. The first-order valence-corrected chi connectivity index (χ1v) is 7.07. The monoisotopic (exact) mass is 318 g/mol. The number of benzene rings is 1. The molecule has 1 aromatic carbocycles. The Morgan fingerprint density at radius 3 is 3.00 bits per heavy atom. The van der Waals surface area contributed by atoms with Gasteiger partial charge in [0.15, 0.2) is 0 Å². The molecule has 0 bridgehead atoms. The summed E-state index contributed by atoms with van der Waals surface area (Å²) >= 11 is 3.47. The van der Waals surface area contributed by atoms with Gasteiger partial charge in [-0.15, -0.1) is 0 Å². The average Bonchev–Trinajstić information content (AvgIpc) is 2.46. The lowest BCUT2D eigenvalue weighted by Gasteiger charge is -2.31. The molecule has 0 radical (unpaired) electrons.